The summed E-state index contributed by atoms with van der Waals surface area (Å²) in [7, 11) is -1.72. The summed E-state index contributed by atoms with van der Waals surface area (Å²) in [6, 6.07) is 15.1. The second-order valence-corrected chi connectivity index (χ2v) is 7.05. The zero-order chi connectivity index (χ0) is 16.7. The summed E-state index contributed by atoms with van der Waals surface area (Å²) in [5.74, 6) is 0.372. The molecule has 5 nitrogen and oxygen atoms in total. The Hall–Kier alpha value is -2.34. The molecule has 0 aliphatic carbocycles. The number of rotatable bonds is 7. The quantitative estimate of drug-likeness (QED) is 0.789. The first-order valence-corrected chi connectivity index (χ1v) is 8.91. The third kappa shape index (κ3) is 4.82. The van der Waals surface area contributed by atoms with Gasteiger partial charge in [-0.1, -0.05) is 24.3 Å². The summed E-state index contributed by atoms with van der Waals surface area (Å²) in [6.45, 7) is 0.267. The van der Waals surface area contributed by atoms with Crippen LogP contribution in [0.25, 0.3) is 0 Å². The molecule has 0 aliphatic rings. The van der Waals surface area contributed by atoms with E-state index < -0.39 is 9.84 Å². The predicted molar refractivity (Wildman–Crippen MR) is 88.4 cm³/mol. The minimum absolute atomic E-state index is 0.0200. The average Bonchev–Trinajstić information content (AvgIpc) is 2.59. The molecular weight excluding hydrogens is 314 g/mol. The molecule has 0 fully saturated rings. The van der Waals surface area contributed by atoms with Gasteiger partial charge in [0.05, 0.1) is 17.3 Å². The Morgan fingerprint density at radius 2 is 1.83 bits per heavy atom. The molecule has 1 N–H and O–H groups in total. The van der Waals surface area contributed by atoms with Crippen molar-refractivity contribution < 1.29 is 17.9 Å². The molecule has 0 bridgehead atoms. The van der Waals surface area contributed by atoms with Crippen LogP contribution in [0.2, 0.25) is 0 Å². The van der Waals surface area contributed by atoms with Crippen LogP contribution in [0, 0.1) is 0 Å². The molecule has 23 heavy (non-hydrogen) atoms. The molecule has 0 spiro atoms. The number of nitrogens with one attached hydrogen (secondary N) is 1. The standard InChI is InChI=1S/C17H19NO4S/c1-18-17(19)14-7-5-8-15(13-14)22-11-6-12-23(20,21)16-9-3-2-4-10-16/h2-5,7-10,13H,6,11-12H2,1H3,(H,18,19). The lowest BCUT2D eigenvalue weighted by Gasteiger charge is -2.08. The minimum Gasteiger partial charge on any atom is -0.494 e. The van der Waals surface area contributed by atoms with Crippen molar-refractivity contribution in [1.82, 2.24) is 5.32 Å². The highest BCUT2D eigenvalue weighted by Gasteiger charge is 2.13. The Bertz CT molecular complexity index is 757. The summed E-state index contributed by atoms with van der Waals surface area (Å²) in [5.41, 5.74) is 0.502. The number of ether oxygens (including phenoxy) is 1. The van der Waals surface area contributed by atoms with E-state index in [0.29, 0.717) is 22.6 Å². The second-order valence-electron chi connectivity index (χ2n) is 4.94. The van der Waals surface area contributed by atoms with Gasteiger partial charge in [-0.2, -0.15) is 0 Å². The fraction of sp³-hybridized carbons (Fsp3) is 0.235. The molecule has 0 aromatic heterocycles. The maximum atomic E-state index is 12.1. The molecule has 2 rings (SSSR count). The van der Waals surface area contributed by atoms with Crippen molar-refractivity contribution in [3.05, 3.63) is 60.2 Å². The molecule has 0 aliphatic heterocycles. The van der Waals surface area contributed by atoms with Crippen LogP contribution in [0.3, 0.4) is 0 Å². The van der Waals surface area contributed by atoms with Crippen LogP contribution < -0.4 is 10.1 Å². The molecule has 0 radical (unpaired) electrons. The topological polar surface area (TPSA) is 72.5 Å². The molecule has 2 aromatic rings. The summed E-state index contributed by atoms with van der Waals surface area (Å²) in [5, 5.41) is 2.54. The molecule has 0 atom stereocenters. The summed E-state index contributed by atoms with van der Waals surface area (Å²) in [4.78, 5) is 11.9. The monoisotopic (exact) mass is 333 g/mol. The van der Waals surface area contributed by atoms with E-state index in [9.17, 15) is 13.2 Å². The third-order valence-corrected chi connectivity index (χ3v) is 5.07. The van der Waals surface area contributed by atoms with E-state index in [-0.39, 0.29) is 18.3 Å². The van der Waals surface area contributed by atoms with Gasteiger partial charge in [0.2, 0.25) is 0 Å². The number of carbonyl (C=O) groups is 1. The Balaban J connectivity index is 1.87. The minimum atomic E-state index is -3.28. The summed E-state index contributed by atoms with van der Waals surface area (Å²) in [6.07, 6.45) is 0.376. The Morgan fingerprint density at radius 1 is 1.09 bits per heavy atom. The van der Waals surface area contributed by atoms with Crippen molar-refractivity contribution in [2.45, 2.75) is 11.3 Å². The van der Waals surface area contributed by atoms with Crippen LogP contribution in [0.5, 0.6) is 5.75 Å². The lowest BCUT2D eigenvalue weighted by Crippen LogP contribution is -2.17. The van der Waals surface area contributed by atoms with Crippen LogP contribution in [-0.4, -0.2) is 33.7 Å². The van der Waals surface area contributed by atoms with Gasteiger partial charge in [-0.25, -0.2) is 8.42 Å². The molecule has 122 valence electrons. The van der Waals surface area contributed by atoms with Crippen molar-refractivity contribution in [3.63, 3.8) is 0 Å². The smallest absolute Gasteiger partial charge is 0.251 e. The maximum absolute atomic E-state index is 12.1. The maximum Gasteiger partial charge on any atom is 0.251 e. The van der Waals surface area contributed by atoms with Crippen molar-refractivity contribution in [2.75, 3.05) is 19.4 Å². The van der Waals surface area contributed by atoms with Crippen LogP contribution >= 0.6 is 0 Å². The summed E-state index contributed by atoms with van der Waals surface area (Å²) < 4.78 is 29.8. The van der Waals surface area contributed by atoms with Crippen molar-refractivity contribution in [1.29, 1.82) is 0 Å². The number of carbonyl (C=O) groups excluding carboxylic acids is 1. The van der Waals surface area contributed by atoms with E-state index in [1.165, 1.54) is 0 Å². The van der Waals surface area contributed by atoms with Gasteiger partial charge in [-0.05, 0) is 36.8 Å². The van der Waals surface area contributed by atoms with Gasteiger partial charge in [-0.15, -0.1) is 0 Å². The molecule has 0 unspecified atom stereocenters. The van der Waals surface area contributed by atoms with Crippen LogP contribution in [-0.2, 0) is 9.84 Å². The Kier molecular flexibility index (Phi) is 5.76. The largest absolute Gasteiger partial charge is 0.494 e. The van der Waals surface area contributed by atoms with Crippen molar-refractivity contribution in [3.8, 4) is 5.75 Å². The first-order chi connectivity index (χ1) is 11.0. The van der Waals surface area contributed by atoms with Crippen LogP contribution in [0.4, 0.5) is 0 Å². The van der Waals surface area contributed by atoms with Crippen LogP contribution in [0.1, 0.15) is 16.8 Å². The number of amides is 1. The Morgan fingerprint density at radius 3 is 2.52 bits per heavy atom. The van der Waals surface area contributed by atoms with E-state index >= 15 is 0 Å². The highest BCUT2D eigenvalue weighted by atomic mass is 32.2. The molecule has 0 heterocycles. The number of benzene rings is 2. The average molecular weight is 333 g/mol. The van der Waals surface area contributed by atoms with Gasteiger partial charge in [0, 0.05) is 12.6 Å². The molecular formula is C17H19NO4S. The first kappa shape index (κ1) is 17.0. The SMILES string of the molecule is CNC(=O)c1cccc(OCCCS(=O)(=O)c2ccccc2)c1. The van der Waals surface area contributed by atoms with E-state index in [2.05, 4.69) is 5.32 Å². The fourth-order valence-corrected chi connectivity index (χ4v) is 3.36. The number of hydrogen-bond donors (Lipinski definition) is 1. The predicted octanol–water partition coefficient (Wildman–Crippen LogP) is 2.29. The highest BCUT2D eigenvalue weighted by molar-refractivity contribution is 7.91. The van der Waals surface area contributed by atoms with E-state index in [0.717, 1.165) is 0 Å². The van der Waals surface area contributed by atoms with E-state index in [4.69, 9.17) is 4.74 Å². The van der Waals surface area contributed by atoms with Gasteiger partial charge in [0.25, 0.3) is 5.91 Å². The van der Waals surface area contributed by atoms with E-state index in [1.807, 2.05) is 0 Å². The van der Waals surface area contributed by atoms with Gasteiger partial charge < -0.3 is 10.1 Å². The molecule has 0 saturated heterocycles. The van der Waals surface area contributed by atoms with Gasteiger partial charge >= 0.3 is 0 Å². The lowest BCUT2D eigenvalue weighted by molar-refractivity contribution is 0.0962. The van der Waals surface area contributed by atoms with Gasteiger partial charge in [-0.3, -0.25) is 4.79 Å². The lowest BCUT2D eigenvalue weighted by atomic mass is 10.2. The van der Waals surface area contributed by atoms with Crippen molar-refractivity contribution >= 4 is 15.7 Å². The fourth-order valence-electron chi connectivity index (χ4n) is 2.06. The molecule has 6 heteroatoms. The third-order valence-electron chi connectivity index (χ3n) is 3.25. The van der Waals surface area contributed by atoms with E-state index in [1.54, 1.807) is 61.6 Å². The second kappa shape index (κ2) is 7.78. The number of hydrogen-bond acceptors (Lipinski definition) is 4. The van der Waals surface area contributed by atoms with Crippen LogP contribution in [0.15, 0.2) is 59.5 Å². The highest BCUT2D eigenvalue weighted by Crippen LogP contribution is 2.15. The first-order valence-electron chi connectivity index (χ1n) is 7.26. The van der Waals surface area contributed by atoms with Gasteiger partial charge in [0.15, 0.2) is 9.84 Å². The molecule has 1 amide bonds. The summed E-state index contributed by atoms with van der Waals surface area (Å²) >= 11 is 0. The number of sulfone groups is 1. The molecule has 2 aromatic carbocycles. The van der Waals surface area contributed by atoms with Crippen molar-refractivity contribution in [2.24, 2.45) is 0 Å². The molecule has 0 saturated carbocycles. The zero-order valence-corrected chi connectivity index (χ0v) is 13.7. The zero-order valence-electron chi connectivity index (χ0n) is 12.9. The Labute approximate surface area is 136 Å². The normalized spacial score (nSPS) is 11.0. The van der Waals surface area contributed by atoms with Gasteiger partial charge in [0.1, 0.15) is 5.75 Å².